The maximum atomic E-state index is 10.4. The van der Waals surface area contributed by atoms with Gasteiger partial charge < -0.3 is 4.55 Å². The molecule has 0 unspecified atom stereocenters. The van der Waals surface area contributed by atoms with Gasteiger partial charge >= 0.3 is 0 Å². The molecule has 0 fully saturated rings. The van der Waals surface area contributed by atoms with E-state index in [-0.39, 0.29) is 10.6 Å². The molecule has 24 heavy (non-hydrogen) atoms. The van der Waals surface area contributed by atoms with Gasteiger partial charge in [0.15, 0.2) is 12.4 Å². The Balaban J connectivity index is 0.000000243. The second-order valence-corrected chi connectivity index (χ2v) is 7.97. The summed E-state index contributed by atoms with van der Waals surface area (Å²) in [6.45, 7) is 2.42. The molecule has 2 rings (SSSR count). The van der Waals surface area contributed by atoms with Crippen LogP contribution in [0.3, 0.4) is 0 Å². The van der Waals surface area contributed by atoms with Crippen molar-refractivity contribution in [2.24, 2.45) is 0 Å². The third kappa shape index (κ3) is 8.73. The molecule has 0 saturated heterocycles. The first-order chi connectivity index (χ1) is 11.1. The Morgan fingerprint density at radius 3 is 2.00 bits per heavy atom. The van der Waals surface area contributed by atoms with Gasteiger partial charge in [0.2, 0.25) is 0 Å². The van der Waals surface area contributed by atoms with Crippen LogP contribution in [0.25, 0.3) is 0 Å². The Hall–Kier alpha value is -1.81. The van der Waals surface area contributed by atoms with Crippen molar-refractivity contribution < 1.29 is 30.5 Å². The summed E-state index contributed by atoms with van der Waals surface area (Å²) < 4.78 is 62.2. The predicted molar refractivity (Wildman–Crippen MR) is 86.8 cm³/mol. The van der Waals surface area contributed by atoms with E-state index in [1.807, 2.05) is 42.1 Å². The van der Waals surface area contributed by atoms with Gasteiger partial charge in [0, 0.05) is 18.6 Å². The summed E-state index contributed by atoms with van der Waals surface area (Å²) in [6.07, 6.45) is 4.13. The van der Waals surface area contributed by atoms with Crippen molar-refractivity contribution in [1.82, 2.24) is 0 Å². The minimum atomic E-state index is -4.27. The van der Waals surface area contributed by atoms with Gasteiger partial charge in [0.05, 0.1) is 10.6 Å². The van der Waals surface area contributed by atoms with E-state index in [9.17, 15) is 21.4 Å². The van der Waals surface area contributed by atoms with Crippen molar-refractivity contribution in [2.75, 3.05) is 5.75 Å². The fraction of sp³-hybridized carbons (Fsp3) is 0.267. The SMILES string of the molecule is Cc1ccc(S(=O)(=O)[O-])cc1.O=S(=O)(O)CCC[n+]1ccccc1. The Morgan fingerprint density at radius 1 is 1.00 bits per heavy atom. The lowest BCUT2D eigenvalue weighted by molar-refractivity contribution is -0.696. The van der Waals surface area contributed by atoms with Crippen LogP contribution in [0, 0.1) is 6.92 Å². The Labute approximate surface area is 142 Å². The molecule has 0 spiro atoms. The summed E-state index contributed by atoms with van der Waals surface area (Å²) in [7, 11) is -8.08. The smallest absolute Gasteiger partial charge is 0.265 e. The summed E-state index contributed by atoms with van der Waals surface area (Å²) in [5, 5.41) is 0. The van der Waals surface area contributed by atoms with Gasteiger partial charge in [0.1, 0.15) is 16.7 Å². The van der Waals surface area contributed by atoms with Crippen LogP contribution in [0.15, 0.2) is 59.8 Å². The molecular weight excluding hydrogens is 354 g/mol. The fourth-order valence-corrected chi connectivity index (χ4v) is 2.68. The molecule has 7 nitrogen and oxygen atoms in total. The van der Waals surface area contributed by atoms with Crippen LogP contribution < -0.4 is 4.57 Å². The van der Waals surface area contributed by atoms with Crippen molar-refractivity contribution in [1.29, 1.82) is 0 Å². The van der Waals surface area contributed by atoms with E-state index >= 15 is 0 Å². The van der Waals surface area contributed by atoms with Gasteiger partial charge in [-0.2, -0.15) is 8.42 Å². The summed E-state index contributed by atoms with van der Waals surface area (Å²) in [5.74, 6) is -0.186. The van der Waals surface area contributed by atoms with Crippen molar-refractivity contribution in [2.45, 2.75) is 24.8 Å². The van der Waals surface area contributed by atoms with Crippen molar-refractivity contribution in [3.05, 3.63) is 60.4 Å². The monoisotopic (exact) mass is 373 g/mol. The third-order valence-corrected chi connectivity index (χ3v) is 4.56. The molecule has 9 heteroatoms. The van der Waals surface area contributed by atoms with Gasteiger partial charge in [-0.05, 0) is 19.1 Å². The highest BCUT2D eigenvalue weighted by molar-refractivity contribution is 7.86. The third-order valence-electron chi connectivity index (χ3n) is 2.91. The van der Waals surface area contributed by atoms with Crippen LogP contribution in [-0.2, 0) is 26.8 Å². The highest BCUT2D eigenvalue weighted by Gasteiger charge is 2.06. The number of benzene rings is 1. The van der Waals surface area contributed by atoms with Gasteiger partial charge in [-0.1, -0.05) is 23.8 Å². The van der Waals surface area contributed by atoms with E-state index in [4.69, 9.17) is 4.55 Å². The number of aromatic nitrogens is 1. The van der Waals surface area contributed by atoms with E-state index in [2.05, 4.69) is 0 Å². The first-order valence-electron chi connectivity index (χ1n) is 7.00. The molecular formula is C15H19NO6S2. The van der Waals surface area contributed by atoms with Gasteiger partial charge in [-0.3, -0.25) is 4.55 Å². The van der Waals surface area contributed by atoms with E-state index < -0.39 is 20.2 Å². The number of hydrogen-bond acceptors (Lipinski definition) is 5. The number of nitrogens with zero attached hydrogens (tertiary/aromatic N) is 1. The van der Waals surface area contributed by atoms with Crippen LogP contribution in [0.1, 0.15) is 12.0 Å². The number of rotatable bonds is 5. The van der Waals surface area contributed by atoms with Crippen molar-refractivity contribution >= 4 is 20.2 Å². The topological polar surface area (TPSA) is 115 Å². The van der Waals surface area contributed by atoms with Crippen molar-refractivity contribution in [3.8, 4) is 0 Å². The van der Waals surface area contributed by atoms with Gasteiger partial charge in [-0.25, -0.2) is 13.0 Å². The van der Waals surface area contributed by atoms with E-state index in [1.165, 1.54) is 12.1 Å². The molecule has 1 aromatic carbocycles. The fourth-order valence-electron chi connectivity index (χ4n) is 1.72. The molecule has 1 heterocycles. The number of hydrogen-bond donors (Lipinski definition) is 1. The maximum absolute atomic E-state index is 10.4. The Kier molecular flexibility index (Phi) is 7.49. The second-order valence-electron chi connectivity index (χ2n) is 5.02. The second kappa shape index (κ2) is 8.88. The van der Waals surface area contributed by atoms with Crippen LogP contribution in [0.2, 0.25) is 0 Å². The molecule has 2 aromatic rings. The zero-order chi connectivity index (χ0) is 18.2. The molecule has 1 N–H and O–H groups in total. The van der Waals surface area contributed by atoms with Crippen LogP contribution in [0.4, 0.5) is 0 Å². The summed E-state index contributed by atoms with van der Waals surface area (Å²) in [6, 6.07) is 11.4. The van der Waals surface area contributed by atoms with E-state index in [0.29, 0.717) is 13.0 Å². The minimum absolute atomic E-state index is 0.178. The minimum Gasteiger partial charge on any atom is -0.744 e. The molecule has 0 aliphatic rings. The van der Waals surface area contributed by atoms with Gasteiger partial charge in [0.25, 0.3) is 10.1 Å². The van der Waals surface area contributed by atoms with Crippen LogP contribution in [0.5, 0.6) is 0 Å². The van der Waals surface area contributed by atoms with E-state index in [0.717, 1.165) is 5.56 Å². The molecule has 0 bridgehead atoms. The van der Waals surface area contributed by atoms with Crippen LogP contribution in [-0.4, -0.2) is 31.7 Å². The summed E-state index contributed by atoms with van der Waals surface area (Å²) in [5.41, 5.74) is 0.928. The van der Waals surface area contributed by atoms with E-state index in [1.54, 1.807) is 12.1 Å². The quantitative estimate of drug-likeness (QED) is 0.621. The lowest BCUT2D eigenvalue weighted by Gasteiger charge is -2.05. The average Bonchev–Trinajstić information content (AvgIpc) is 2.47. The highest BCUT2D eigenvalue weighted by atomic mass is 32.2. The molecule has 0 atom stereocenters. The molecule has 0 aliphatic carbocycles. The van der Waals surface area contributed by atoms with Crippen LogP contribution >= 0.6 is 0 Å². The maximum Gasteiger partial charge on any atom is 0.265 e. The molecule has 0 aliphatic heterocycles. The standard InChI is InChI=1S/C8H11NO3S.C7H8O3S/c10-13(11,12)8-4-7-9-5-2-1-3-6-9;1-6-2-4-7(5-3-6)11(8,9)10/h1-3,5-6H,4,7-8H2;2-5H,1H3,(H,8,9,10). The zero-order valence-corrected chi connectivity index (χ0v) is 14.7. The number of pyridine rings is 1. The summed E-state index contributed by atoms with van der Waals surface area (Å²) >= 11 is 0. The number of aryl methyl sites for hydroxylation is 2. The predicted octanol–water partition coefficient (Wildman–Crippen LogP) is 1.15. The molecule has 0 saturated carbocycles. The zero-order valence-electron chi connectivity index (χ0n) is 13.1. The van der Waals surface area contributed by atoms with Gasteiger partial charge in [-0.15, -0.1) is 0 Å². The average molecular weight is 373 g/mol. The highest BCUT2D eigenvalue weighted by Crippen LogP contribution is 2.08. The Bertz CT molecular complexity index is 831. The van der Waals surface area contributed by atoms with Crippen molar-refractivity contribution in [3.63, 3.8) is 0 Å². The molecule has 0 radical (unpaired) electrons. The normalized spacial score (nSPS) is 11.5. The molecule has 132 valence electrons. The first-order valence-corrected chi connectivity index (χ1v) is 10.0. The first kappa shape index (κ1) is 20.2. The largest absolute Gasteiger partial charge is 0.744 e. The Morgan fingerprint density at radius 2 is 1.54 bits per heavy atom. The lowest BCUT2D eigenvalue weighted by atomic mass is 10.2. The summed E-state index contributed by atoms with van der Waals surface area (Å²) in [4.78, 5) is -0.178. The molecule has 1 aromatic heterocycles. The lowest BCUT2D eigenvalue weighted by Crippen LogP contribution is -2.33. The molecule has 0 amide bonds.